The standard InChI is InChI=1S/C31H48N3O2P/c1-19-13-24-25(9-11-30(4)26(24)10-12-31(30,36)20(2)35)29(3)15-22-16-33-34(28(22)14-27(19)29)17-21-5-7-23(8-6-21)32-18-37/h14,16,19,21,23-26,32,36H,5-13,15,17-18,37H2,1-4H3/t19-,21?,23?,24+,25-,26-,29+,30-,31-/m0/s1. The largest absolute Gasteiger partial charge is 0.382 e. The third-order valence-electron chi connectivity index (χ3n) is 12.3. The zero-order chi connectivity index (χ0) is 26.2. The molecule has 6 heteroatoms. The van der Waals surface area contributed by atoms with Gasteiger partial charge in [-0.1, -0.05) is 26.3 Å². The van der Waals surface area contributed by atoms with Crippen LogP contribution in [0.4, 0.5) is 0 Å². The first kappa shape index (κ1) is 26.2. The van der Waals surface area contributed by atoms with E-state index >= 15 is 0 Å². The van der Waals surface area contributed by atoms with Gasteiger partial charge in [-0.2, -0.15) is 5.10 Å². The summed E-state index contributed by atoms with van der Waals surface area (Å²) in [4.78, 5) is 12.6. The second-order valence-electron chi connectivity index (χ2n) is 14.0. The third-order valence-corrected chi connectivity index (χ3v) is 12.5. The van der Waals surface area contributed by atoms with E-state index in [2.05, 4.69) is 52.3 Å². The molecular formula is C31H48N3O2P. The summed E-state index contributed by atoms with van der Waals surface area (Å²) in [5, 5.41) is 20.1. The van der Waals surface area contributed by atoms with Crippen LogP contribution in [-0.2, 0) is 17.8 Å². The second kappa shape index (κ2) is 9.27. The number of nitrogens with one attached hydrogen (secondary N) is 1. The van der Waals surface area contributed by atoms with Crippen molar-refractivity contribution in [3.8, 4) is 0 Å². The van der Waals surface area contributed by atoms with Gasteiger partial charge < -0.3 is 10.4 Å². The van der Waals surface area contributed by atoms with Gasteiger partial charge in [-0.15, -0.1) is 9.24 Å². The highest BCUT2D eigenvalue weighted by Gasteiger charge is 2.66. The van der Waals surface area contributed by atoms with Crippen molar-refractivity contribution >= 4 is 21.1 Å². The van der Waals surface area contributed by atoms with Crippen LogP contribution >= 0.6 is 9.24 Å². The number of carbonyl (C=O) groups excluding carboxylic acids is 1. The molecule has 6 rings (SSSR count). The Kier molecular flexibility index (Phi) is 6.57. The normalized spacial score (nSPS) is 44.9. The van der Waals surface area contributed by atoms with E-state index in [1.807, 2.05) is 0 Å². The molecular weight excluding hydrogens is 477 g/mol. The van der Waals surface area contributed by atoms with Crippen molar-refractivity contribution < 1.29 is 9.90 Å². The minimum Gasteiger partial charge on any atom is -0.382 e. The fourth-order valence-corrected chi connectivity index (χ4v) is 10.6. The maximum Gasteiger partial charge on any atom is 0.161 e. The molecule has 0 aliphatic heterocycles. The van der Waals surface area contributed by atoms with Crippen molar-refractivity contribution in [1.82, 2.24) is 15.1 Å². The van der Waals surface area contributed by atoms with Gasteiger partial charge in [0.1, 0.15) is 5.60 Å². The van der Waals surface area contributed by atoms with Crippen molar-refractivity contribution in [3.63, 3.8) is 0 Å². The molecule has 5 nitrogen and oxygen atoms in total. The minimum absolute atomic E-state index is 0.0181. The van der Waals surface area contributed by atoms with Crippen molar-refractivity contribution in [1.29, 1.82) is 0 Å². The molecule has 204 valence electrons. The Morgan fingerprint density at radius 1 is 1.16 bits per heavy atom. The molecule has 0 bridgehead atoms. The summed E-state index contributed by atoms with van der Waals surface area (Å²) in [5.74, 6) is 2.90. The average molecular weight is 526 g/mol. The molecule has 37 heavy (non-hydrogen) atoms. The van der Waals surface area contributed by atoms with Gasteiger partial charge in [-0.05, 0) is 118 Å². The summed E-state index contributed by atoms with van der Waals surface area (Å²) in [6.45, 7) is 9.85. The van der Waals surface area contributed by atoms with E-state index in [1.165, 1.54) is 43.4 Å². The van der Waals surface area contributed by atoms with Gasteiger partial charge in [0.15, 0.2) is 5.78 Å². The van der Waals surface area contributed by atoms with Gasteiger partial charge in [0, 0.05) is 24.3 Å². The molecule has 1 aromatic heterocycles. The molecule has 4 saturated carbocycles. The topological polar surface area (TPSA) is 67.1 Å². The van der Waals surface area contributed by atoms with Gasteiger partial charge in [0.2, 0.25) is 0 Å². The third kappa shape index (κ3) is 3.88. The lowest BCUT2D eigenvalue weighted by atomic mass is 9.44. The Labute approximate surface area is 225 Å². The van der Waals surface area contributed by atoms with E-state index in [0.717, 1.165) is 44.4 Å². The van der Waals surface area contributed by atoms with Crippen molar-refractivity contribution in [2.75, 3.05) is 6.29 Å². The molecule has 0 radical (unpaired) electrons. The molecule has 1 heterocycles. The quantitative estimate of drug-likeness (QED) is 0.490. The van der Waals surface area contributed by atoms with E-state index in [4.69, 9.17) is 5.10 Å². The Morgan fingerprint density at radius 2 is 1.89 bits per heavy atom. The summed E-state index contributed by atoms with van der Waals surface area (Å²) < 4.78 is 2.33. The number of allylic oxidation sites excluding steroid dienone is 1. The zero-order valence-corrected chi connectivity index (χ0v) is 24.6. The fourth-order valence-electron chi connectivity index (χ4n) is 10.2. The summed E-state index contributed by atoms with van der Waals surface area (Å²) in [5.41, 5.74) is 3.19. The molecule has 1 aromatic rings. The maximum atomic E-state index is 12.6. The molecule has 5 aliphatic rings. The number of rotatable bonds is 5. The lowest BCUT2D eigenvalue weighted by Crippen LogP contribution is -2.58. The van der Waals surface area contributed by atoms with Gasteiger partial charge in [-0.3, -0.25) is 9.48 Å². The van der Waals surface area contributed by atoms with Crippen LogP contribution in [0.1, 0.15) is 96.7 Å². The molecule has 8 atom stereocenters. The van der Waals surface area contributed by atoms with Crippen LogP contribution in [0.15, 0.2) is 11.8 Å². The molecule has 0 amide bonds. The number of ketones is 1. The summed E-state index contributed by atoms with van der Waals surface area (Å²) in [7, 11) is 2.79. The smallest absolute Gasteiger partial charge is 0.161 e. The highest BCUT2D eigenvalue weighted by molar-refractivity contribution is 7.16. The van der Waals surface area contributed by atoms with Gasteiger partial charge in [-0.25, -0.2) is 0 Å². The monoisotopic (exact) mass is 525 g/mol. The molecule has 0 aromatic carbocycles. The first-order valence-electron chi connectivity index (χ1n) is 15.0. The number of aromatic nitrogens is 2. The number of hydrogen-bond acceptors (Lipinski definition) is 4. The van der Waals surface area contributed by atoms with Crippen LogP contribution in [0.3, 0.4) is 0 Å². The van der Waals surface area contributed by atoms with Gasteiger partial charge in [0.05, 0.1) is 11.9 Å². The summed E-state index contributed by atoms with van der Waals surface area (Å²) in [6, 6.07) is 0.683. The number of Topliss-reactive ketones (excluding diaryl/α,β-unsaturated/α-hetero) is 1. The molecule has 1 unspecified atom stereocenters. The van der Waals surface area contributed by atoms with Crippen LogP contribution in [-0.4, -0.2) is 38.6 Å². The van der Waals surface area contributed by atoms with Crippen molar-refractivity contribution in [2.24, 2.45) is 40.4 Å². The van der Waals surface area contributed by atoms with Gasteiger partial charge in [0.25, 0.3) is 0 Å². The highest BCUT2D eigenvalue weighted by Crippen LogP contribution is 2.68. The fraction of sp³-hybridized carbons (Fsp3) is 0.806. The summed E-state index contributed by atoms with van der Waals surface area (Å²) in [6.07, 6.45) is 16.8. The van der Waals surface area contributed by atoms with Crippen LogP contribution in [0.25, 0.3) is 6.08 Å². The molecule has 0 spiro atoms. The average Bonchev–Trinajstić information content (AvgIpc) is 3.37. The number of hydrogen-bond donors (Lipinski definition) is 2. The van der Waals surface area contributed by atoms with Crippen LogP contribution in [0.2, 0.25) is 0 Å². The predicted molar refractivity (Wildman–Crippen MR) is 152 cm³/mol. The first-order chi connectivity index (χ1) is 17.6. The van der Waals surface area contributed by atoms with Gasteiger partial charge >= 0.3 is 0 Å². The SMILES string of the molecule is CC(=O)[C@@]1(O)CC[C@H]2[C@@H]3C[C@H](C)C4=Cc5c(cnn5CC5CCC(NCP)CC5)C[C@]4(C)[C@H]3CC[C@@]21C. The molecule has 4 fully saturated rings. The number of fused-ring (bicyclic) bond motifs is 6. The Hall–Kier alpha value is -1.03. The lowest BCUT2D eigenvalue weighted by molar-refractivity contribution is -0.160. The van der Waals surface area contributed by atoms with Crippen molar-refractivity contribution in [3.05, 3.63) is 23.0 Å². The van der Waals surface area contributed by atoms with E-state index in [9.17, 15) is 9.90 Å². The van der Waals surface area contributed by atoms with E-state index < -0.39 is 5.60 Å². The van der Waals surface area contributed by atoms with Crippen LogP contribution in [0.5, 0.6) is 0 Å². The van der Waals surface area contributed by atoms with Crippen LogP contribution in [0, 0.1) is 40.4 Å². The predicted octanol–water partition coefficient (Wildman–Crippen LogP) is 5.61. The molecule has 5 aliphatic carbocycles. The Morgan fingerprint density at radius 3 is 2.59 bits per heavy atom. The lowest BCUT2D eigenvalue weighted by Gasteiger charge is -2.60. The van der Waals surface area contributed by atoms with E-state index in [-0.39, 0.29) is 16.6 Å². The summed E-state index contributed by atoms with van der Waals surface area (Å²) >= 11 is 0. The zero-order valence-electron chi connectivity index (χ0n) is 23.4. The minimum atomic E-state index is -1.13. The molecule has 0 saturated heterocycles. The molecule has 2 N–H and O–H groups in total. The second-order valence-corrected chi connectivity index (χ2v) is 14.4. The highest BCUT2D eigenvalue weighted by atomic mass is 31.0. The maximum absolute atomic E-state index is 12.6. The van der Waals surface area contributed by atoms with Crippen molar-refractivity contribution in [2.45, 2.75) is 110 Å². The van der Waals surface area contributed by atoms with Crippen LogP contribution < -0.4 is 5.32 Å². The Balaban J connectivity index is 1.24. The number of nitrogens with zero attached hydrogens (tertiary/aromatic N) is 2. The Bertz CT molecular complexity index is 1090. The van der Waals surface area contributed by atoms with E-state index in [0.29, 0.717) is 36.1 Å². The van der Waals surface area contributed by atoms with E-state index in [1.54, 1.807) is 12.5 Å². The number of carbonyl (C=O) groups is 1. The number of aliphatic hydroxyl groups is 1. The first-order valence-corrected chi connectivity index (χ1v) is 15.9.